The van der Waals surface area contributed by atoms with Crippen LogP contribution in [-0.4, -0.2) is 30.6 Å². The summed E-state index contributed by atoms with van der Waals surface area (Å²) in [4.78, 5) is 2.49. The van der Waals surface area contributed by atoms with Crippen molar-refractivity contribution in [1.82, 2.24) is 10.2 Å². The van der Waals surface area contributed by atoms with Crippen molar-refractivity contribution in [1.29, 1.82) is 0 Å². The van der Waals surface area contributed by atoms with Crippen molar-refractivity contribution in [3.63, 3.8) is 0 Å². The molecule has 0 aliphatic carbocycles. The van der Waals surface area contributed by atoms with Gasteiger partial charge in [0.2, 0.25) is 0 Å². The third kappa shape index (κ3) is 3.37. The molecule has 2 aliphatic rings. The van der Waals surface area contributed by atoms with Gasteiger partial charge in [0.05, 0.1) is 0 Å². The number of nitrogens with one attached hydrogen (secondary N) is 1. The molecule has 5 heteroatoms. The number of hydrogen-bond donors (Lipinski definition) is 1. The summed E-state index contributed by atoms with van der Waals surface area (Å²) in [6, 6.07) is 6.49. The minimum atomic E-state index is 0. The Morgan fingerprint density at radius 3 is 2.68 bits per heavy atom. The molecule has 2 saturated heterocycles. The van der Waals surface area contributed by atoms with E-state index in [9.17, 15) is 0 Å². The van der Waals surface area contributed by atoms with Crippen LogP contribution < -0.4 is 5.32 Å². The summed E-state index contributed by atoms with van der Waals surface area (Å²) in [6.45, 7) is 4.35. The Kier molecular flexibility index (Phi) is 5.38. The van der Waals surface area contributed by atoms with Crippen molar-refractivity contribution in [2.75, 3.05) is 19.6 Å². The van der Waals surface area contributed by atoms with E-state index in [1.165, 1.54) is 25.9 Å². The van der Waals surface area contributed by atoms with Gasteiger partial charge in [0.25, 0.3) is 0 Å². The van der Waals surface area contributed by atoms with Crippen LogP contribution in [0.5, 0.6) is 0 Å². The number of likely N-dealkylation sites (tertiary alicyclic amines) is 1. The second kappa shape index (κ2) is 6.64. The maximum Gasteiger partial charge on any atom is 0.0465 e. The number of fused-ring (bicyclic) bond motifs is 1. The topological polar surface area (TPSA) is 15.3 Å². The number of rotatable bonds is 2. The van der Waals surface area contributed by atoms with E-state index in [1.807, 2.05) is 18.2 Å². The molecule has 106 valence electrons. The van der Waals surface area contributed by atoms with Gasteiger partial charge in [0, 0.05) is 34.7 Å². The Morgan fingerprint density at radius 1 is 1.21 bits per heavy atom. The normalized spacial score (nSPS) is 26.8. The average molecular weight is 322 g/mol. The Morgan fingerprint density at radius 2 is 1.95 bits per heavy atom. The Bertz CT molecular complexity index is 418. The summed E-state index contributed by atoms with van der Waals surface area (Å²) in [7, 11) is 0. The van der Waals surface area contributed by atoms with Gasteiger partial charge in [-0.15, -0.1) is 12.4 Å². The van der Waals surface area contributed by atoms with E-state index in [4.69, 9.17) is 23.2 Å². The van der Waals surface area contributed by atoms with Crippen LogP contribution in [0.1, 0.15) is 18.4 Å². The summed E-state index contributed by atoms with van der Waals surface area (Å²) in [5.41, 5.74) is 1.07. The molecule has 3 rings (SSSR count). The molecule has 0 bridgehead atoms. The molecule has 0 saturated carbocycles. The van der Waals surface area contributed by atoms with E-state index in [-0.39, 0.29) is 12.4 Å². The van der Waals surface area contributed by atoms with E-state index in [0.29, 0.717) is 0 Å². The zero-order valence-corrected chi connectivity index (χ0v) is 13.1. The highest BCUT2D eigenvalue weighted by atomic mass is 35.5. The van der Waals surface area contributed by atoms with Crippen molar-refractivity contribution < 1.29 is 0 Å². The minimum Gasteiger partial charge on any atom is -0.314 e. The fourth-order valence-electron chi connectivity index (χ4n) is 3.17. The first kappa shape index (κ1) is 15.4. The van der Waals surface area contributed by atoms with Crippen molar-refractivity contribution in [2.24, 2.45) is 5.92 Å². The SMILES string of the molecule is Cl.Clc1cccc(Cl)c1CN1CCC2NCCC2C1. The lowest BCUT2D eigenvalue weighted by atomic mass is 9.93. The van der Waals surface area contributed by atoms with E-state index >= 15 is 0 Å². The van der Waals surface area contributed by atoms with E-state index in [2.05, 4.69) is 10.2 Å². The van der Waals surface area contributed by atoms with Crippen LogP contribution in [0.25, 0.3) is 0 Å². The molecule has 1 N–H and O–H groups in total. The molecule has 1 aromatic rings. The second-order valence-corrected chi connectivity index (χ2v) is 6.15. The van der Waals surface area contributed by atoms with Crippen molar-refractivity contribution >= 4 is 35.6 Å². The van der Waals surface area contributed by atoms with Crippen LogP contribution in [0.4, 0.5) is 0 Å². The van der Waals surface area contributed by atoms with Crippen molar-refractivity contribution in [3.8, 4) is 0 Å². The van der Waals surface area contributed by atoms with Crippen molar-refractivity contribution in [2.45, 2.75) is 25.4 Å². The number of piperidine rings is 1. The van der Waals surface area contributed by atoms with E-state index < -0.39 is 0 Å². The highest BCUT2D eigenvalue weighted by Gasteiger charge is 2.32. The minimum absolute atomic E-state index is 0. The molecule has 0 spiro atoms. The predicted molar refractivity (Wildman–Crippen MR) is 83.5 cm³/mol. The lowest BCUT2D eigenvalue weighted by Crippen LogP contribution is -2.44. The highest BCUT2D eigenvalue weighted by Crippen LogP contribution is 2.29. The van der Waals surface area contributed by atoms with Gasteiger partial charge in [-0.05, 0) is 44.0 Å². The Balaban J connectivity index is 0.00000133. The first-order valence-corrected chi connectivity index (χ1v) is 7.38. The van der Waals surface area contributed by atoms with Crippen LogP contribution in [0.15, 0.2) is 18.2 Å². The van der Waals surface area contributed by atoms with Gasteiger partial charge in [-0.25, -0.2) is 0 Å². The van der Waals surface area contributed by atoms with Crippen LogP contribution in [-0.2, 0) is 6.54 Å². The van der Waals surface area contributed by atoms with Gasteiger partial charge in [0.15, 0.2) is 0 Å². The highest BCUT2D eigenvalue weighted by molar-refractivity contribution is 6.35. The predicted octanol–water partition coefficient (Wildman–Crippen LogP) is 3.60. The third-order valence-corrected chi connectivity index (χ3v) is 4.89. The third-order valence-electron chi connectivity index (χ3n) is 4.18. The molecule has 2 fully saturated rings. The summed E-state index contributed by atoms with van der Waals surface area (Å²) >= 11 is 12.5. The second-order valence-electron chi connectivity index (χ2n) is 5.33. The summed E-state index contributed by atoms with van der Waals surface area (Å²) in [5.74, 6) is 0.806. The molecular formula is C14H19Cl3N2. The fraction of sp³-hybridized carbons (Fsp3) is 0.571. The maximum absolute atomic E-state index is 6.24. The quantitative estimate of drug-likeness (QED) is 0.895. The van der Waals surface area contributed by atoms with Crippen LogP contribution in [0.2, 0.25) is 10.0 Å². The molecule has 2 nitrogen and oxygen atoms in total. The molecule has 2 unspecified atom stereocenters. The largest absolute Gasteiger partial charge is 0.314 e. The standard InChI is InChI=1S/C14H18Cl2N2.ClH/c15-12-2-1-3-13(16)11(12)9-18-7-5-14-10(8-18)4-6-17-14;/h1-3,10,14,17H,4-9H2;1H. The number of benzene rings is 1. The van der Waals surface area contributed by atoms with Gasteiger partial charge in [-0.1, -0.05) is 29.3 Å². The molecule has 1 aromatic carbocycles. The molecule has 2 atom stereocenters. The summed E-state index contributed by atoms with van der Waals surface area (Å²) in [6.07, 6.45) is 2.55. The molecule has 19 heavy (non-hydrogen) atoms. The molecule has 2 aliphatic heterocycles. The van der Waals surface area contributed by atoms with E-state index in [0.717, 1.165) is 40.7 Å². The van der Waals surface area contributed by atoms with Gasteiger partial charge >= 0.3 is 0 Å². The monoisotopic (exact) mass is 320 g/mol. The number of nitrogens with zero attached hydrogens (tertiary/aromatic N) is 1. The van der Waals surface area contributed by atoms with E-state index in [1.54, 1.807) is 0 Å². The summed E-state index contributed by atoms with van der Waals surface area (Å²) in [5, 5.41) is 5.16. The summed E-state index contributed by atoms with van der Waals surface area (Å²) < 4.78 is 0. The lowest BCUT2D eigenvalue weighted by Gasteiger charge is -2.35. The van der Waals surface area contributed by atoms with Gasteiger partial charge < -0.3 is 5.32 Å². The smallest absolute Gasteiger partial charge is 0.0465 e. The first-order chi connectivity index (χ1) is 8.74. The van der Waals surface area contributed by atoms with Gasteiger partial charge in [-0.2, -0.15) is 0 Å². The number of hydrogen-bond acceptors (Lipinski definition) is 2. The van der Waals surface area contributed by atoms with Crippen LogP contribution in [0, 0.1) is 5.92 Å². The first-order valence-electron chi connectivity index (χ1n) is 6.62. The Hall–Kier alpha value is 0.01000. The van der Waals surface area contributed by atoms with Gasteiger partial charge in [0.1, 0.15) is 0 Å². The lowest BCUT2D eigenvalue weighted by molar-refractivity contribution is 0.156. The van der Waals surface area contributed by atoms with Gasteiger partial charge in [-0.3, -0.25) is 4.90 Å². The number of halogens is 3. The molecule has 0 aromatic heterocycles. The average Bonchev–Trinajstić information content (AvgIpc) is 2.81. The van der Waals surface area contributed by atoms with Crippen LogP contribution in [0.3, 0.4) is 0 Å². The Labute approximate surface area is 130 Å². The van der Waals surface area contributed by atoms with Crippen molar-refractivity contribution in [3.05, 3.63) is 33.8 Å². The van der Waals surface area contributed by atoms with Crippen LogP contribution >= 0.6 is 35.6 Å². The molecule has 0 amide bonds. The molecular weight excluding hydrogens is 303 g/mol. The maximum atomic E-state index is 6.24. The zero-order chi connectivity index (χ0) is 12.5. The molecule has 0 radical (unpaired) electrons. The zero-order valence-electron chi connectivity index (χ0n) is 10.7. The molecule has 2 heterocycles. The fourth-order valence-corrected chi connectivity index (χ4v) is 3.69.